The third-order valence-electron chi connectivity index (χ3n) is 8.51. The van der Waals surface area contributed by atoms with Gasteiger partial charge in [-0.05, 0) is 64.9 Å². The molecule has 6 rings (SSSR count). The number of tetrazole rings is 1. The van der Waals surface area contributed by atoms with Crippen LogP contribution in [0.1, 0.15) is 28.3 Å². The van der Waals surface area contributed by atoms with Crippen LogP contribution in [-0.2, 0) is 32.0 Å². The van der Waals surface area contributed by atoms with Crippen LogP contribution in [0.25, 0.3) is 21.7 Å². The van der Waals surface area contributed by atoms with E-state index in [1.54, 1.807) is 30.3 Å². The molecule has 5 amide bonds. The van der Waals surface area contributed by atoms with Gasteiger partial charge in [0.1, 0.15) is 29.6 Å². The Labute approximate surface area is 325 Å². The van der Waals surface area contributed by atoms with E-state index in [1.807, 2.05) is 36.4 Å². The Balaban J connectivity index is 1.22. The molecule has 294 valence electrons. The maximum atomic E-state index is 14.0. The number of rotatable bonds is 15. The zero-order valence-electron chi connectivity index (χ0n) is 29.4. The molecule has 57 heavy (non-hydrogen) atoms. The smallest absolute Gasteiger partial charge is 0.406 e. The maximum absolute atomic E-state index is 14.0. The van der Waals surface area contributed by atoms with E-state index in [1.165, 1.54) is 0 Å². The third-order valence-corrected chi connectivity index (χ3v) is 8.74. The first-order valence-corrected chi connectivity index (χ1v) is 17.4. The number of halogens is 4. The fourth-order valence-corrected chi connectivity index (χ4v) is 6.04. The molecule has 2 aromatic heterocycles. The van der Waals surface area contributed by atoms with Gasteiger partial charge in [-0.2, -0.15) is 5.21 Å². The Bertz CT molecular complexity index is 2430. The zero-order valence-corrected chi connectivity index (χ0v) is 30.1. The van der Waals surface area contributed by atoms with Crippen LogP contribution in [0.15, 0.2) is 91.0 Å². The summed E-state index contributed by atoms with van der Waals surface area (Å²) < 4.78 is 41.7. The van der Waals surface area contributed by atoms with Gasteiger partial charge in [0.15, 0.2) is 5.82 Å². The van der Waals surface area contributed by atoms with Crippen molar-refractivity contribution in [2.45, 2.75) is 43.8 Å². The number of alkyl halides is 3. The van der Waals surface area contributed by atoms with Crippen molar-refractivity contribution in [3.8, 4) is 5.75 Å². The van der Waals surface area contributed by atoms with Crippen LogP contribution < -0.4 is 31.7 Å². The standard InChI is InChI=1S/C37H32ClF3N10O6/c38-23-7-12-26-22(15-23)16-28(44-26)35(55)45-27(14-19-5-6-20-3-1-2-4-21(20)13-19)34(54)46-29(17-31(42)52)36(56)47-30(18-32-48-50-51-49-32)33(53)43-24-8-10-25(11-9-24)57-37(39,40)41/h1-13,15-16,27,29-30,44H,14,17-18H2,(H2,42,52)(H,43,53)(H,45,55)(H,46,54)(H,47,56)(H,48,49,50,51)/t27-,29-,30-/m0/s1. The highest BCUT2D eigenvalue weighted by Gasteiger charge is 2.33. The number of aromatic amines is 2. The number of hydrogen-bond donors (Lipinski definition) is 7. The number of amides is 5. The summed E-state index contributed by atoms with van der Waals surface area (Å²) in [7, 11) is 0. The summed E-state index contributed by atoms with van der Waals surface area (Å²) in [6.45, 7) is 0. The molecule has 0 aliphatic heterocycles. The number of benzene rings is 4. The minimum atomic E-state index is -4.93. The Kier molecular flexibility index (Phi) is 12.0. The fraction of sp³-hybridized carbons (Fsp3) is 0.189. The van der Waals surface area contributed by atoms with E-state index in [2.05, 4.69) is 51.6 Å². The minimum Gasteiger partial charge on any atom is -0.406 e. The highest BCUT2D eigenvalue weighted by Crippen LogP contribution is 2.25. The van der Waals surface area contributed by atoms with Crippen molar-refractivity contribution in [2.24, 2.45) is 5.73 Å². The van der Waals surface area contributed by atoms with Crippen LogP contribution in [0.2, 0.25) is 5.02 Å². The first-order valence-electron chi connectivity index (χ1n) is 17.0. The SMILES string of the molecule is NC(=O)C[C@H](NC(=O)[C@H](Cc1ccc2ccccc2c1)NC(=O)c1cc2cc(Cl)ccc2[nH]1)C(=O)N[C@@H](Cc1nn[nH]n1)C(=O)Nc1ccc(OC(F)(F)F)cc1. The molecule has 0 radical (unpaired) electrons. The van der Waals surface area contributed by atoms with Gasteiger partial charge in [-0.1, -0.05) is 59.3 Å². The fourth-order valence-electron chi connectivity index (χ4n) is 5.86. The molecule has 6 aromatic rings. The molecule has 0 aliphatic rings. The Morgan fingerprint density at radius 3 is 2.18 bits per heavy atom. The van der Waals surface area contributed by atoms with Crippen LogP contribution in [0.5, 0.6) is 5.75 Å². The van der Waals surface area contributed by atoms with Gasteiger partial charge in [-0.3, -0.25) is 24.0 Å². The molecule has 0 spiro atoms. The number of ether oxygens (including phenoxy) is 1. The molecule has 16 nitrogen and oxygen atoms in total. The number of fused-ring (bicyclic) bond motifs is 2. The number of primary amides is 1. The number of anilines is 1. The molecular weight excluding hydrogens is 773 g/mol. The molecule has 4 aromatic carbocycles. The van der Waals surface area contributed by atoms with E-state index < -0.39 is 66.2 Å². The number of nitrogens with one attached hydrogen (secondary N) is 6. The molecule has 0 bridgehead atoms. The molecule has 0 unspecified atom stereocenters. The first kappa shape index (κ1) is 39.7. The van der Waals surface area contributed by atoms with Crippen molar-refractivity contribution in [2.75, 3.05) is 5.32 Å². The Morgan fingerprint density at radius 1 is 0.772 bits per heavy atom. The number of aromatic nitrogens is 5. The number of carbonyl (C=O) groups is 5. The molecule has 0 fully saturated rings. The molecule has 0 saturated carbocycles. The summed E-state index contributed by atoms with van der Waals surface area (Å²) in [5.74, 6) is -4.96. The average molecular weight is 805 g/mol. The van der Waals surface area contributed by atoms with E-state index >= 15 is 0 Å². The Hall–Kier alpha value is -7.02. The van der Waals surface area contributed by atoms with Gasteiger partial charge in [0.05, 0.1) is 6.42 Å². The lowest BCUT2D eigenvalue weighted by molar-refractivity contribution is -0.274. The summed E-state index contributed by atoms with van der Waals surface area (Å²) in [5, 5.41) is 26.3. The number of H-pyrrole nitrogens is 2. The largest absolute Gasteiger partial charge is 0.573 e. The second-order valence-electron chi connectivity index (χ2n) is 12.7. The number of carbonyl (C=O) groups excluding carboxylic acids is 5. The van der Waals surface area contributed by atoms with Gasteiger partial charge in [0, 0.05) is 34.5 Å². The monoisotopic (exact) mass is 804 g/mol. The second kappa shape index (κ2) is 17.2. The predicted molar refractivity (Wildman–Crippen MR) is 200 cm³/mol. The van der Waals surface area contributed by atoms with E-state index in [0.29, 0.717) is 21.5 Å². The van der Waals surface area contributed by atoms with Crippen molar-refractivity contribution in [1.82, 2.24) is 41.6 Å². The summed E-state index contributed by atoms with van der Waals surface area (Å²) >= 11 is 6.12. The van der Waals surface area contributed by atoms with Crippen molar-refractivity contribution in [1.29, 1.82) is 0 Å². The molecular formula is C37H32ClF3N10O6. The van der Waals surface area contributed by atoms with Crippen molar-refractivity contribution >= 4 is 68.5 Å². The van der Waals surface area contributed by atoms with E-state index in [0.717, 1.165) is 35.0 Å². The number of nitrogens with two attached hydrogens (primary N) is 1. The lowest BCUT2D eigenvalue weighted by Gasteiger charge is -2.24. The highest BCUT2D eigenvalue weighted by molar-refractivity contribution is 6.31. The predicted octanol–water partition coefficient (Wildman–Crippen LogP) is 3.45. The summed E-state index contributed by atoms with van der Waals surface area (Å²) in [5.41, 5.74) is 6.90. The molecule has 20 heteroatoms. The van der Waals surface area contributed by atoms with Crippen LogP contribution in [0.4, 0.5) is 18.9 Å². The molecule has 0 aliphatic carbocycles. The lowest BCUT2D eigenvalue weighted by Crippen LogP contribution is -2.57. The van der Waals surface area contributed by atoms with Gasteiger partial charge in [-0.15, -0.1) is 23.4 Å². The molecule has 3 atom stereocenters. The van der Waals surface area contributed by atoms with Crippen LogP contribution in [0.3, 0.4) is 0 Å². The van der Waals surface area contributed by atoms with Gasteiger partial charge in [-0.25, -0.2) is 0 Å². The minimum absolute atomic E-state index is 0.0164. The Morgan fingerprint density at radius 2 is 1.47 bits per heavy atom. The summed E-state index contributed by atoms with van der Waals surface area (Å²) in [4.78, 5) is 70.0. The zero-order chi connectivity index (χ0) is 40.7. The van der Waals surface area contributed by atoms with E-state index in [-0.39, 0.29) is 30.0 Å². The van der Waals surface area contributed by atoms with Gasteiger partial charge in [0.25, 0.3) is 5.91 Å². The highest BCUT2D eigenvalue weighted by atomic mass is 35.5. The van der Waals surface area contributed by atoms with Crippen LogP contribution >= 0.6 is 11.6 Å². The van der Waals surface area contributed by atoms with Crippen molar-refractivity contribution in [3.63, 3.8) is 0 Å². The van der Waals surface area contributed by atoms with E-state index in [4.69, 9.17) is 17.3 Å². The average Bonchev–Trinajstić information content (AvgIpc) is 3.84. The lowest BCUT2D eigenvalue weighted by atomic mass is 10.0. The van der Waals surface area contributed by atoms with Gasteiger partial charge < -0.3 is 36.7 Å². The quantitative estimate of drug-likeness (QED) is 0.0804. The topological polar surface area (TPSA) is 239 Å². The molecule has 2 heterocycles. The molecule has 0 saturated heterocycles. The number of nitrogens with zero attached hydrogens (tertiary/aromatic N) is 3. The summed E-state index contributed by atoms with van der Waals surface area (Å²) in [6, 6.07) is 19.3. The van der Waals surface area contributed by atoms with Crippen LogP contribution in [-0.4, -0.2) is 79.6 Å². The maximum Gasteiger partial charge on any atom is 0.573 e. The second-order valence-corrected chi connectivity index (χ2v) is 13.1. The van der Waals surface area contributed by atoms with Crippen molar-refractivity contribution < 1.29 is 41.9 Å². The van der Waals surface area contributed by atoms with Gasteiger partial charge in [0.2, 0.25) is 23.6 Å². The normalized spacial score (nSPS) is 13.0. The van der Waals surface area contributed by atoms with E-state index in [9.17, 15) is 37.1 Å². The molecule has 8 N–H and O–H groups in total. The van der Waals surface area contributed by atoms with Crippen molar-refractivity contribution in [3.05, 3.63) is 113 Å². The first-order chi connectivity index (χ1) is 27.2. The number of hydrogen-bond acceptors (Lipinski definition) is 9. The van der Waals surface area contributed by atoms with Gasteiger partial charge >= 0.3 is 6.36 Å². The van der Waals surface area contributed by atoms with Crippen LogP contribution in [0, 0.1) is 0 Å². The summed E-state index contributed by atoms with van der Waals surface area (Å²) in [6.07, 6.45) is -6.05. The third kappa shape index (κ3) is 10.8.